The zero-order chi connectivity index (χ0) is 9.10. The fourth-order valence-electron chi connectivity index (χ4n) is 1.12. The molecule has 2 rings (SSSR count). The third-order valence-electron chi connectivity index (χ3n) is 1.75. The number of hydrogen-bond donors (Lipinski definition) is 1. The molecule has 0 aliphatic heterocycles. The molecule has 0 bridgehead atoms. The second-order valence-corrected chi connectivity index (χ2v) is 2.59. The molecule has 0 aliphatic rings. The minimum atomic E-state index is 0.649. The highest BCUT2D eigenvalue weighted by molar-refractivity contribution is 5.74. The lowest BCUT2D eigenvalue weighted by Crippen LogP contribution is -1.91. The first-order chi connectivity index (χ1) is 6.38. The molecule has 2 N–H and O–H groups in total. The van der Waals surface area contributed by atoms with Crippen LogP contribution < -0.4 is 5.73 Å². The van der Waals surface area contributed by atoms with E-state index in [-0.39, 0.29) is 0 Å². The number of hydrogen-bond acceptors (Lipinski definition) is 4. The average molecular weight is 172 g/mol. The molecule has 4 nitrogen and oxygen atoms in total. The Morgan fingerprint density at radius 1 is 1.00 bits per heavy atom. The van der Waals surface area contributed by atoms with E-state index in [1.165, 1.54) is 0 Å². The van der Waals surface area contributed by atoms with Gasteiger partial charge < -0.3 is 5.73 Å². The molecule has 0 saturated heterocycles. The van der Waals surface area contributed by atoms with E-state index in [9.17, 15) is 0 Å². The summed E-state index contributed by atoms with van der Waals surface area (Å²) in [6.07, 6.45) is 6.63. The maximum absolute atomic E-state index is 5.74. The predicted molar refractivity (Wildman–Crippen MR) is 49.7 cm³/mol. The van der Waals surface area contributed by atoms with E-state index in [0.717, 1.165) is 11.1 Å². The van der Waals surface area contributed by atoms with Gasteiger partial charge in [0.1, 0.15) is 0 Å². The van der Waals surface area contributed by atoms with Gasteiger partial charge in [-0.25, -0.2) is 0 Å². The molecule has 4 heteroatoms. The molecular weight excluding hydrogens is 164 g/mol. The van der Waals surface area contributed by atoms with Crippen LogP contribution in [0.5, 0.6) is 0 Å². The average Bonchev–Trinajstić information content (AvgIpc) is 2.20. The van der Waals surface area contributed by atoms with Crippen LogP contribution in [-0.4, -0.2) is 15.2 Å². The van der Waals surface area contributed by atoms with Gasteiger partial charge in [-0.05, 0) is 12.1 Å². The van der Waals surface area contributed by atoms with E-state index >= 15 is 0 Å². The summed E-state index contributed by atoms with van der Waals surface area (Å²) in [5, 5.41) is 7.47. The predicted octanol–water partition coefficient (Wildman–Crippen LogP) is 1.12. The number of nitrogens with zero attached hydrogens (tertiary/aromatic N) is 3. The Kier molecular flexibility index (Phi) is 1.88. The quantitative estimate of drug-likeness (QED) is 0.700. The Hall–Kier alpha value is -1.97. The van der Waals surface area contributed by atoms with Crippen LogP contribution >= 0.6 is 0 Å². The van der Waals surface area contributed by atoms with Gasteiger partial charge in [0.25, 0.3) is 0 Å². The lowest BCUT2D eigenvalue weighted by atomic mass is 10.1. The fraction of sp³-hybridized carbons (Fsp3) is 0. The number of anilines is 1. The van der Waals surface area contributed by atoms with E-state index in [4.69, 9.17) is 5.73 Å². The molecule has 2 aromatic heterocycles. The summed E-state index contributed by atoms with van der Waals surface area (Å²) >= 11 is 0. The fourth-order valence-corrected chi connectivity index (χ4v) is 1.12. The first-order valence-corrected chi connectivity index (χ1v) is 3.84. The van der Waals surface area contributed by atoms with Crippen molar-refractivity contribution in [2.24, 2.45) is 0 Å². The van der Waals surface area contributed by atoms with Crippen molar-refractivity contribution >= 4 is 5.69 Å². The lowest BCUT2D eigenvalue weighted by Gasteiger charge is -2.02. The highest BCUT2D eigenvalue weighted by Gasteiger charge is 2.00. The van der Waals surface area contributed by atoms with Gasteiger partial charge in [-0.1, -0.05) is 0 Å². The summed E-state index contributed by atoms with van der Waals surface area (Å²) in [4.78, 5) is 3.91. The molecule has 0 aliphatic carbocycles. The van der Waals surface area contributed by atoms with Crippen LogP contribution in [0.25, 0.3) is 11.1 Å². The van der Waals surface area contributed by atoms with Gasteiger partial charge in [-0.15, -0.1) is 0 Å². The van der Waals surface area contributed by atoms with Crippen molar-refractivity contribution in [1.29, 1.82) is 0 Å². The Morgan fingerprint density at radius 3 is 2.62 bits per heavy atom. The third-order valence-corrected chi connectivity index (χ3v) is 1.75. The highest BCUT2D eigenvalue weighted by Crippen LogP contribution is 2.22. The standard InChI is InChI=1S/C9H8N4/c10-9-6-11-3-2-8(9)7-1-4-12-13-5-7/h1-6H,10H2. The van der Waals surface area contributed by atoms with E-state index in [0.29, 0.717) is 5.69 Å². The molecule has 0 amide bonds. The first-order valence-electron chi connectivity index (χ1n) is 3.84. The molecule has 0 saturated carbocycles. The Balaban J connectivity index is 2.54. The second-order valence-electron chi connectivity index (χ2n) is 2.59. The zero-order valence-corrected chi connectivity index (χ0v) is 6.88. The summed E-state index contributed by atoms with van der Waals surface area (Å²) in [5.41, 5.74) is 8.28. The van der Waals surface area contributed by atoms with Crippen molar-refractivity contribution in [3.05, 3.63) is 36.9 Å². The van der Waals surface area contributed by atoms with Crippen molar-refractivity contribution < 1.29 is 0 Å². The van der Waals surface area contributed by atoms with Crippen LogP contribution in [0.3, 0.4) is 0 Å². The van der Waals surface area contributed by atoms with Crippen LogP contribution in [0.1, 0.15) is 0 Å². The number of nitrogen functional groups attached to an aromatic ring is 1. The maximum Gasteiger partial charge on any atom is 0.0580 e. The largest absolute Gasteiger partial charge is 0.397 e. The molecule has 2 heterocycles. The van der Waals surface area contributed by atoms with E-state index < -0.39 is 0 Å². The molecular formula is C9H8N4. The molecule has 0 radical (unpaired) electrons. The molecule has 64 valence electrons. The molecule has 0 fully saturated rings. The minimum absolute atomic E-state index is 0.649. The van der Waals surface area contributed by atoms with Crippen molar-refractivity contribution in [1.82, 2.24) is 15.2 Å². The Labute approximate surface area is 75.5 Å². The Bertz CT molecular complexity index is 399. The summed E-state index contributed by atoms with van der Waals surface area (Å²) < 4.78 is 0. The smallest absolute Gasteiger partial charge is 0.0580 e. The van der Waals surface area contributed by atoms with Gasteiger partial charge in [0, 0.05) is 17.3 Å². The number of aromatic nitrogens is 3. The normalized spacial score (nSPS) is 9.85. The monoisotopic (exact) mass is 172 g/mol. The van der Waals surface area contributed by atoms with Gasteiger partial charge in [0.15, 0.2) is 0 Å². The van der Waals surface area contributed by atoms with Crippen LogP contribution in [0.4, 0.5) is 5.69 Å². The van der Waals surface area contributed by atoms with Gasteiger partial charge >= 0.3 is 0 Å². The lowest BCUT2D eigenvalue weighted by molar-refractivity contribution is 1.03. The van der Waals surface area contributed by atoms with Crippen molar-refractivity contribution in [3.8, 4) is 11.1 Å². The third kappa shape index (κ3) is 1.46. The van der Waals surface area contributed by atoms with Gasteiger partial charge in [0.2, 0.25) is 0 Å². The molecule has 0 spiro atoms. The molecule has 2 aromatic rings. The van der Waals surface area contributed by atoms with Gasteiger partial charge in [-0.3, -0.25) is 4.98 Å². The Morgan fingerprint density at radius 2 is 1.92 bits per heavy atom. The molecule has 0 atom stereocenters. The van der Waals surface area contributed by atoms with Crippen molar-refractivity contribution in [3.63, 3.8) is 0 Å². The van der Waals surface area contributed by atoms with Gasteiger partial charge in [-0.2, -0.15) is 10.2 Å². The zero-order valence-electron chi connectivity index (χ0n) is 6.88. The van der Waals surface area contributed by atoms with Crippen LogP contribution in [-0.2, 0) is 0 Å². The summed E-state index contributed by atoms with van der Waals surface area (Å²) in [6, 6.07) is 3.71. The summed E-state index contributed by atoms with van der Waals surface area (Å²) in [5.74, 6) is 0. The minimum Gasteiger partial charge on any atom is -0.397 e. The van der Waals surface area contributed by atoms with Crippen LogP contribution in [0, 0.1) is 0 Å². The van der Waals surface area contributed by atoms with Crippen molar-refractivity contribution in [2.45, 2.75) is 0 Å². The van der Waals surface area contributed by atoms with E-state index in [1.807, 2.05) is 12.1 Å². The van der Waals surface area contributed by atoms with E-state index in [1.54, 1.807) is 24.8 Å². The number of pyridine rings is 1. The topological polar surface area (TPSA) is 64.7 Å². The highest BCUT2D eigenvalue weighted by atomic mass is 15.1. The molecule has 0 unspecified atom stereocenters. The SMILES string of the molecule is Nc1cnccc1-c1ccnnc1. The van der Waals surface area contributed by atoms with Crippen LogP contribution in [0.15, 0.2) is 36.9 Å². The molecule has 0 aromatic carbocycles. The maximum atomic E-state index is 5.74. The number of rotatable bonds is 1. The van der Waals surface area contributed by atoms with Crippen LogP contribution in [0.2, 0.25) is 0 Å². The summed E-state index contributed by atoms with van der Waals surface area (Å²) in [6.45, 7) is 0. The molecule has 13 heavy (non-hydrogen) atoms. The first kappa shape index (κ1) is 7.67. The number of nitrogens with two attached hydrogens (primary N) is 1. The van der Waals surface area contributed by atoms with Gasteiger partial charge in [0.05, 0.1) is 24.3 Å². The van der Waals surface area contributed by atoms with Crippen molar-refractivity contribution in [2.75, 3.05) is 5.73 Å². The van der Waals surface area contributed by atoms with E-state index in [2.05, 4.69) is 15.2 Å². The second kappa shape index (κ2) is 3.18. The summed E-state index contributed by atoms with van der Waals surface area (Å²) in [7, 11) is 0.